The number of nitrogens with zero attached hydrogens (tertiary/aromatic N) is 4. The van der Waals surface area contributed by atoms with Crippen LogP contribution in [0.4, 0.5) is 24.5 Å². The molecule has 206 valence electrons. The molecule has 9 nitrogen and oxygen atoms in total. The van der Waals surface area contributed by atoms with Gasteiger partial charge in [0.2, 0.25) is 5.91 Å². The van der Waals surface area contributed by atoms with Gasteiger partial charge in [-0.15, -0.1) is 0 Å². The molecular formula is C24H27ClF3N5O4S. The summed E-state index contributed by atoms with van der Waals surface area (Å²) >= 11 is 6.03. The fraction of sp³-hybridized carbons (Fsp3) is 0.458. The van der Waals surface area contributed by atoms with Crippen molar-refractivity contribution in [3.63, 3.8) is 0 Å². The van der Waals surface area contributed by atoms with E-state index in [-0.39, 0.29) is 35.1 Å². The lowest BCUT2D eigenvalue weighted by atomic mass is 9.98. The molecule has 1 fully saturated rings. The third kappa shape index (κ3) is 5.89. The van der Waals surface area contributed by atoms with Gasteiger partial charge in [0.05, 0.1) is 41.3 Å². The maximum atomic E-state index is 14.1. The minimum absolute atomic E-state index is 0.0152. The van der Waals surface area contributed by atoms with Crippen LogP contribution in [0.5, 0.6) is 0 Å². The summed E-state index contributed by atoms with van der Waals surface area (Å²) in [5, 5.41) is 7.66. The van der Waals surface area contributed by atoms with Crippen molar-refractivity contribution >= 4 is 44.4 Å². The van der Waals surface area contributed by atoms with E-state index in [1.165, 1.54) is 35.9 Å². The largest absolute Gasteiger partial charge is 0.413 e. The van der Waals surface area contributed by atoms with Gasteiger partial charge in [-0.3, -0.25) is 4.79 Å². The second kappa shape index (κ2) is 10.7. The van der Waals surface area contributed by atoms with E-state index in [2.05, 4.69) is 15.4 Å². The number of aromatic nitrogens is 3. The number of fused-ring (bicyclic) bond motifs is 1. The Morgan fingerprint density at radius 3 is 2.45 bits per heavy atom. The van der Waals surface area contributed by atoms with E-state index < -0.39 is 40.0 Å². The number of anilines is 2. The maximum absolute atomic E-state index is 14.1. The van der Waals surface area contributed by atoms with Gasteiger partial charge in [0.25, 0.3) is 0 Å². The third-order valence-corrected chi connectivity index (χ3v) is 8.61. The fourth-order valence-corrected chi connectivity index (χ4v) is 6.30. The average Bonchev–Trinajstić information content (AvgIpc) is 3.23. The molecule has 14 heteroatoms. The van der Waals surface area contributed by atoms with Crippen molar-refractivity contribution in [2.24, 2.45) is 5.92 Å². The van der Waals surface area contributed by atoms with Crippen LogP contribution < -0.4 is 5.32 Å². The number of hydrogen-bond donors (Lipinski definition) is 1. The van der Waals surface area contributed by atoms with E-state index >= 15 is 0 Å². The smallest absolute Gasteiger partial charge is 0.377 e. The van der Waals surface area contributed by atoms with Crippen LogP contribution in [0.15, 0.2) is 36.7 Å². The molecule has 0 radical (unpaired) electrons. The summed E-state index contributed by atoms with van der Waals surface area (Å²) in [4.78, 5) is 17.9. The predicted octanol–water partition coefficient (Wildman–Crippen LogP) is 4.72. The van der Waals surface area contributed by atoms with Crippen molar-refractivity contribution in [3.05, 3.63) is 52.9 Å². The molecule has 1 amide bonds. The van der Waals surface area contributed by atoms with Gasteiger partial charge in [-0.25, -0.2) is 17.9 Å². The zero-order chi connectivity index (χ0) is 27.8. The van der Waals surface area contributed by atoms with Crippen LogP contribution in [-0.2, 0) is 19.4 Å². The lowest BCUT2D eigenvalue weighted by molar-refractivity contribution is -0.190. The van der Waals surface area contributed by atoms with E-state index in [1.54, 1.807) is 12.4 Å². The first kappa shape index (κ1) is 28.1. The molecule has 3 heterocycles. The minimum atomic E-state index is -4.74. The molecule has 0 aliphatic carbocycles. The Bertz CT molecular complexity index is 1420. The first-order valence-electron chi connectivity index (χ1n) is 11.8. The predicted molar refractivity (Wildman–Crippen MR) is 136 cm³/mol. The Labute approximate surface area is 222 Å². The van der Waals surface area contributed by atoms with E-state index in [0.29, 0.717) is 27.5 Å². The highest BCUT2D eigenvalue weighted by molar-refractivity contribution is 7.91. The Morgan fingerprint density at radius 1 is 1.24 bits per heavy atom. The number of amides is 1. The minimum Gasteiger partial charge on any atom is -0.377 e. The summed E-state index contributed by atoms with van der Waals surface area (Å²) < 4.78 is 72.7. The van der Waals surface area contributed by atoms with Gasteiger partial charge in [-0.1, -0.05) is 23.7 Å². The molecule has 1 aromatic carbocycles. The number of nitrogens with one attached hydrogen (secondary N) is 1. The van der Waals surface area contributed by atoms with E-state index in [0.717, 1.165) is 7.05 Å². The second-order valence-corrected chi connectivity index (χ2v) is 11.9. The summed E-state index contributed by atoms with van der Waals surface area (Å²) in [6, 6.07) is 3.37. The molecule has 0 spiro atoms. The lowest BCUT2D eigenvalue weighted by Crippen LogP contribution is -2.44. The number of sulfone groups is 1. The lowest BCUT2D eigenvalue weighted by Gasteiger charge is -2.34. The number of alkyl halides is 3. The highest BCUT2D eigenvalue weighted by atomic mass is 35.5. The first-order chi connectivity index (χ1) is 17.8. The molecule has 2 aromatic heterocycles. The zero-order valence-electron chi connectivity index (χ0n) is 20.9. The number of carbonyl (C=O) groups excluding carboxylic acids is 1. The number of halogens is 4. The molecule has 0 saturated carbocycles. The fourth-order valence-electron chi connectivity index (χ4n) is 4.63. The van der Waals surface area contributed by atoms with Crippen LogP contribution in [-0.4, -0.2) is 65.7 Å². The Kier molecular flexibility index (Phi) is 7.91. The molecule has 1 N–H and O–H groups in total. The summed E-state index contributed by atoms with van der Waals surface area (Å²) in [5.41, 5.74) is 2.02. The van der Waals surface area contributed by atoms with Crippen molar-refractivity contribution in [1.82, 2.24) is 19.5 Å². The highest BCUT2D eigenvalue weighted by Crippen LogP contribution is 2.39. The number of ether oxygens (including phenoxy) is 1. The van der Waals surface area contributed by atoms with Crippen molar-refractivity contribution in [3.8, 4) is 0 Å². The molecule has 0 bridgehead atoms. The SMILES string of the molecule is COC(C)c1c(Nc2ccc([C@H](N(C)C(=O)C3CCS(=O)(=O)CC3)C(F)(F)F)cc2)cnn2cc(Cl)nc12. The van der Waals surface area contributed by atoms with Crippen LogP contribution in [0.2, 0.25) is 5.15 Å². The van der Waals surface area contributed by atoms with Gasteiger partial charge >= 0.3 is 6.18 Å². The number of benzene rings is 1. The average molecular weight is 574 g/mol. The molecule has 1 aliphatic heterocycles. The first-order valence-corrected chi connectivity index (χ1v) is 14.0. The van der Waals surface area contributed by atoms with Crippen LogP contribution in [0.1, 0.15) is 43.0 Å². The van der Waals surface area contributed by atoms with Crippen LogP contribution in [0, 0.1) is 5.92 Å². The molecule has 38 heavy (non-hydrogen) atoms. The second-order valence-electron chi connectivity index (χ2n) is 9.25. The molecule has 1 saturated heterocycles. The molecule has 2 atom stereocenters. The van der Waals surface area contributed by atoms with E-state index in [9.17, 15) is 26.4 Å². The number of imidazole rings is 1. The quantitative estimate of drug-likeness (QED) is 0.436. The van der Waals surface area contributed by atoms with Crippen molar-refractivity contribution in [1.29, 1.82) is 0 Å². The van der Waals surface area contributed by atoms with Crippen LogP contribution in [0.3, 0.4) is 0 Å². The van der Waals surface area contributed by atoms with Gasteiger partial charge in [-0.2, -0.15) is 18.3 Å². The van der Waals surface area contributed by atoms with Crippen molar-refractivity contribution in [2.75, 3.05) is 31.0 Å². The van der Waals surface area contributed by atoms with Gasteiger partial charge in [0.1, 0.15) is 15.0 Å². The molecular weight excluding hydrogens is 547 g/mol. The number of rotatable bonds is 7. The van der Waals surface area contributed by atoms with Crippen LogP contribution >= 0.6 is 11.6 Å². The molecule has 1 aliphatic rings. The molecule has 1 unspecified atom stereocenters. The normalized spacial score (nSPS) is 17.8. The topological polar surface area (TPSA) is 106 Å². The highest BCUT2D eigenvalue weighted by Gasteiger charge is 2.46. The van der Waals surface area contributed by atoms with Crippen molar-refractivity contribution < 1.29 is 31.1 Å². The van der Waals surface area contributed by atoms with Crippen molar-refractivity contribution in [2.45, 2.75) is 38.1 Å². The number of carbonyl (C=O) groups is 1. The Hall–Kier alpha value is -2.90. The van der Waals surface area contributed by atoms with E-state index in [4.69, 9.17) is 16.3 Å². The van der Waals surface area contributed by atoms with Crippen LogP contribution in [0.25, 0.3) is 5.65 Å². The maximum Gasteiger partial charge on any atom is 0.413 e. The van der Waals surface area contributed by atoms with E-state index in [1.807, 2.05) is 6.92 Å². The molecule has 3 aromatic rings. The number of hydrogen-bond acceptors (Lipinski definition) is 7. The monoisotopic (exact) mass is 573 g/mol. The standard InChI is InChI=1S/C24H27ClF3N5O4S/c1-14(37-3)20-18(12-29-33-13-19(25)31-22(20)33)30-17-6-4-15(5-7-17)21(24(26,27)28)32(2)23(34)16-8-10-38(35,36)11-9-16/h4-7,12-14,16,21,30H,8-11H2,1-3H3/t14?,21-/m0/s1. The molecule has 4 rings (SSSR count). The van der Waals surface area contributed by atoms with Gasteiger partial charge < -0.3 is 15.0 Å². The number of methoxy groups -OCH3 is 1. The zero-order valence-corrected chi connectivity index (χ0v) is 22.4. The Morgan fingerprint density at radius 2 is 1.87 bits per heavy atom. The third-order valence-electron chi connectivity index (χ3n) is 6.72. The summed E-state index contributed by atoms with van der Waals surface area (Å²) in [5.74, 6) is -1.90. The van der Waals surface area contributed by atoms with Gasteiger partial charge in [0.15, 0.2) is 11.7 Å². The van der Waals surface area contributed by atoms with Gasteiger partial charge in [-0.05, 0) is 37.5 Å². The summed E-state index contributed by atoms with van der Waals surface area (Å²) in [6.07, 6.45) is -2.02. The Balaban J connectivity index is 1.59. The summed E-state index contributed by atoms with van der Waals surface area (Å²) in [7, 11) is -0.616. The van der Waals surface area contributed by atoms with Gasteiger partial charge in [0, 0.05) is 25.8 Å². The summed E-state index contributed by atoms with van der Waals surface area (Å²) in [6.45, 7) is 1.81.